The van der Waals surface area contributed by atoms with Gasteiger partial charge in [-0.2, -0.15) is 4.98 Å². The molecule has 0 spiro atoms. The van der Waals surface area contributed by atoms with E-state index in [1.54, 1.807) is 0 Å². The van der Waals surface area contributed by atoms with Crippen LogP contribution >= 0.6 is 0 Å². The van der Waals surface area contributed by atoms with E-state index in [1.807, 2.05) is 30.3 Å². The lowest BCUT2D eigenvalue weighted by atomic mass is 10.1. The van der Waals surface area contributed by atoms with Crippen molar-refractivity contribution < 1.29 is 4.74 Å². The van der Waals surface area contributed by atoms with E-state index in [9.17, 15) is 4.79 Å². The second-order valence-corrected chi connectivity index (χ2v) is 3.82. The van der Waals surface area contributed by atoms with E-state index >= 15 is 0 Å². The Bertz CT molecular complexity index is 676. The number of nitrogens with zero attached hydrogens (tertiary/aromatic N) is 2. The second kappa shape index (κ2) is 3.99. The molecule has 1 aromatic carbocycles. The van der Waals surface area contributed by atoms with Gasteiger partial charge in [-0.15, -0.1) is 0 Å². The summed E-state index contributed by atoms with van der Waals surface area (Å²) in [5.74, 6) is 0.342. The molecule has 3 rings (SSSR count). The summed E-state index contributed by atoms with van der Waals surface area (Å²) in [6.07, 6.45) is 0. The largest absolute Gasteiger partial charge is 0.469 e. The minimum Gasteiger partial charge on any atom is -0.469 e. The Labute approximate surface area is 102 Å². The first kappa shape index (κ1) is 10.5. The number of fused-ring (bicyclic) bond motifs is 1. The molecule has 2 aromatic rings. The molecule has 90 valence electrons. The summed E-state index contributed by atoms with van der Waals surface area (Å²) in [5, 5.41) is 0. The van der Waals surface area contributed by atoms with Crippen LogP contribution in [0.3, 0.4) is 0 Å². The van der Waals surface area contributed by atoms with Gasteiger partial charge in [0, 0.05) is 0 Å². The van der Waals surface area contributed by atoms with Gasteiger partial charge in [0.1, 0.15) is 12.4 Å². The van der Waals surface area contributed by atoms with Crippen molar-refractivity contribution in [2.75, 3.05) is 12.3 Å². The molecule has 2 heterocycles. The molecule has 6 heteroatoms. The lowest BCUT2D eigenvalue weighted by molar-refractivity contribution is 0.356. The van der Waals surface area contributed by atoms with Gasteiger partial charge in [-0.05, 0) is 5.56 Å². The van der Waals surface area contributed by atoms with Gasteiger partial charge in [-0.1, -0.05) is 30.3 Å². The van der Waals surface area contributed by atoms with Gasteiger partial charge in [0.25, 0.3) is 0 Å². The van der Waals surface area contributed by atoms with Crippen molar-refractivity contribution in [2.24, 2.45) is 4.99 Å². The fourth-order valence-corrected chi connectivity index (χ4v) is 1.75. The molecule has 1 aromatic heterocycles. The molecule has 0 fully saturated rings. The summed E-state index contributed by atoms with van der Waals surface area (Å²) in [5.41, 5.74) is 7.24. The third-order valence-corrected chi connectivity index (χ3v) is 2.60. The van der Waals surface area contributed by atoms with Gasteiger partial charge >= 0.3 is 5.69 Å². The van der Waals surface area contributed by atoms with Crippen molar-refractivity contribution in [3.05, 3.63) is 46.4 Å². The zero-order valence-corrected chi connectivity index (χ0v) is 9.38. The summed E-state index contributed by atoms with van der Waals surface area (Å²) < 4.78 is 5.41. The summed E-state index contributed by atoms with van der Waals surface area (Å²) in [4.78, 5) is 21.6. The van der Waals surface area contributed by atoms with Gasteiger partial charge in [0.2, 0.25) is 5.88 Å². The molecule has 18 heavy (non-hydrogen) atoms. The number of nitrogen functional groups attached to an aromatic ring is 1. The zero-order valence-electron chi connectivity index (χ0n) is 9.38. The Balaban J connectivity index is 2.12. The molecule has 0 saturated heterocycles. The van der Waals surface area contributed by atoms with E-state index in [4.69, 9.17) is 10.5 Å². The number of benzene rings is 1. The van der Waals surface area contributed by atoms with Crippen LogP contribution in [0.1, 0.15) is 5.56 Å². The highest BCUT2D eigenvalue weighted by Crippen LogP contribution is 2.32. The van der Waals surface area contributed by atoms with Crippen LogP contribution in [0.25, 0.3) is 0 Å². The number of nitrogens with two attached hydrogens (primary N) is 1. The number of aliphatic imine (C=N–C) groups is 1. The van der Waals surface area contributed by atoms with Crippen LogP contribution in [0.15, 0.2) is 40.1 Å². The Hall–Kier alpha value is -2.63. The molecule has 0 unspecified atom stereocenters. The standard InChI is InChI=1S/C12H10N4O2/c13-10-9-11(16-12(17)15-10)18-6-8(14-9)7-4-2-1-3-5-7/h1-5H,6H2,(H3,13,15,16,17). The number of anilines is 1. The van der Waals surface area contributed by atoms with Crippen LogP contribution in [-0.4, -0.2) is 22.3 Å². The predicted molar refractivity (Wildman–Crippen MR) is 67.4 cm³/mol. The van der Waals surface area contributed by atoms with Gasteiger partial charge < -0.3 is 10.5 Å². The van der Waals surface area contributed by atoms with Crippen LogP contribution in [0.2, 0.25) is 0 Å². The first-order valence-electron chi connectivity index (χ1n) is 5.39. The molecule has 1 aliphatic rings. The molecule has 6 nitrogen and oxygen atoms in total. The highest BCUT2D eigenvalue weighted by molar-refractivity contribution is 6.04. The summed E-state index contributed by atoms with van der Waals surface area (Å²) >= 11 is 0. The maximum Gasteiger partial charge on any atom is 0.349 e. The number of hydrogen-bond donors (Lipinski definition) is 2. The van der Waals surface area contributed by atoms with Crippen LogP contribution in [0, 0.1) is 0 Å². The van der Waals surface area contributed by atoms with Crippen molar-refractivity contribution in [1.29, 1.82) is 0 Å². The van der Waals surface area contributed by atoms with E-state index in [0.717, 1.165) is 11.3 Å². The molecule has 0 saturated carbocycles. The molecule has 0 radical (unpaired) electrons. The van der Waals surface area contributed by atoms with Crippen LogP contribution in [-0.2, 0) is 0 Å². The van der Waals surface area contributed by atoms with Crippen molar-refractivity contribution in [3.8, 4) is 5.88 Å². The number of hydrogen-bond acceptors (Lipinski definition) is 5. The quantitative estimate of drug-likeness (QED) is 0.775. The maximum absolute atomic E-state index is 11.1. The van der Waals surface area contributed by atoms with Gasteiger partial charge in [-0.3, -0.25) is 4.98 Å². The smallest absolute Gasteiger partial charge is 0.349 e. The Morgan fingerprint density at radius 1 is 1.28 bits per heavy atom. The fourth-order valence-electron chi connectivity index (χ4n) is 1.75. The highest BCUT2D eigenvalue weighted by Gasteiger charge is 2.19. The predicted octanol–water partition coefficient (Wildman–Crippen LogP) is 0.865. The van der Waals surface area contributed by atoms with Gasteiger partial charge in [0.15, 0.2) is 5.69 Å². The average molecular weight is 242 g/mol. The topological polar surface area (TPSA) is 93.4 Å². The Morgan fingerprint density at radius 3 is 2.83 bits per heavy atom. The molecule has 1 aliphatic heterocycles. The Morgan fingerprint density at radius 2 is 2.06 bits per heavy atom. The first-order valence-corrected chi connectivity index (χ1v) is 5.39. The summed E-state index contributed by atoms with van der Waals surface area (Å²) in [7, 11) is 0. The number of aromatic amines is 1. The average Bonchev–Trinajstić information content (AvgIpc) is 2.39. The summed E-state index contributed by atoms with van der Waals surface area (Å²) in [6.45, 7) is 0.271. The fraction of sp³-hybridized carbons (Fsp3) is 0.0833. The molecule has 0 amide bonds. The van der Waals surface area contributed by atoms with E-state index in [-0.39, 0.29) is 18.3 Å². The van der Waals surface area contributed by atoms with Crippen LogP contribution in [0.4, 0.5) is 11.5 Å². The lowest BCUT2D eigenvalue weighted by Gasteiger charge is -2.16. The molecule has 3 N–H and O–H groups in total. The van der Waals surface area contributed by atoms with E-state index in [1.165, 1.54) is 0 Å². The van der Waals surface area contributed by atoms with E-state index in [2.05, 4.69) is 15.0 Å². The number of aromatic nitrogens is 2. The zero-order chi connectivity index (χ0) is 12.5. The monoisotopic (exact) mass is 242 g/mol. The van der Waals surface area contributed by atoms with E-state index < -0.39 is 5.69 Å². The maximum atomic E-state index is 11.1. The minimum absolute atomic E-state index is 0.165. The number of H-pyrrole nitrogens is 1. The molecule has 0 bridgehead atoms. The van der Waals surface area contributed by atoms with Crippen molar-refractivity contribution >= 4 is 17.2 Å². The molecule has 0 aliphatic carbocycles. The number of rotatable bonds is 1. The third kappa shape index (κ3) is 1.73. The molecule has 0 atom stereocenters. The van der Waals surface area contributed by atoms with Crippen LogP contribution in [0.5, 0.6) is 5.88 Å². The van der Waals surface area contributed by atoms with Crippen molar-refractivity contribution in [3.63, 3.8) is 0 Å². The van der Waals surface area contributed by atoms with Gasteiger partial charge in [0.05, 0.1) is 5.71 Å². The molecular weight excluding hydrogens is 232 g/mol. The second-order valence-electron chi connectivity index (χ2n) is 3.82. The minimum atomic E-state index is -0.537. The van der Waals surface area contributed by atoms with Crippen LogP contribution < -0.4 is 16.2 Å². The van der Waals surface area contributed by atoms with Crippen molar-refractivity contribution in [1.82, 2.24) is 9.97 Å². The van der Waals surface area contributed by atoms with E-state index in [0.29, 0.717) is 5.69 Å². The number of nitrogens with one attached hydrogen (secondary N) is 1. The Kier molecular flexibility index (Phi) is 2.33. The normalized spacial score (nSPS) is 13.4. The SMILES string of the molecule is Nc1[nH]c(=O)nc2c1N=C(c1ccccc1)CO2. The third-order valence-electron chi connectivity index (χ3n) is 2.60. The van der Waals surface area contributed by atoms with Crippen molar-refractivity contribution in [2.45, 2.75) is 0 Å². The number of ether oxygens (including phenoxy) is 1. The lowest BCUT2D eigenvalue weighted by Crippen LogP contribution is -2.21. The summed E-state index contributed by atoms with van der Waals surface area (Å²) in [6, 6.07) is 9.63. The van der Waals surface area contributed by atoms with Gasteiger partial charge in [-0.25, -0.2) is 9.79 Å². The molecular formula is C12H10N4O2. The first-order chi connectivity index (χ1) is 8.74. The highest BCUT2D eigenvalue weighted by atomic mass is 16.5.